The van der Waals surface area contributed by atoms with Crippen molar-refractivity contribution in [1.82, 2.24) is 20.1 Å². The van der Waals surface area contributed by atoms with Gasteiger partial charge in [0, 0.05) is 47.9 Å². The van der Waals surface area contributed by atoms with E-state index in [1.807, 2.05) is 0 Å². The Bertz CT molecular complexity index is 1880. The van der Waals surface area contributed by atoms with E-state index in [2.05, 4.69) is 20.9 Å². The number of rotatable bonds is 8. The molecule has 4 aromatic rings. The van der Waals surface area contributed by atoms with E-state index in [0.29, 0.717) is 53.8 Å². The van der Waals surface area contributed by atoms with Crippen LogP contribution in [-0.2, 0) is 19.2 Å². The Labute approximate surface area is 275 Å². The van der Waals surface area contributed by atoms with Crippen LogP contribution in [0, 0.1) is 5.82 Å². The molecule has 248 valence electrons. The number of nitrogens with one attached hydrogen (secondary N) is 4. The molecule has 5 amide bonds. The van der Waals surface area contributed by atoms with Crippen molar-refractivity contribution in [1.29, 1.82) is 0 Å². The number of carbonyl (C=O) groups is 5. The standard InChI is InChI=1S/C35H35FN6O6/c1-20(43)41-17-5-9-27(41)32(44)37-23-13-11-22(12-14-23)30-29(36)25-19-24(15-16-26(25)39-30)38-33(45)28-10-6-18-42(28)34(46)31(40-35(47)48)21-7-3-2-4-8-21/h2-4,7-8,11-16,19,27-28,31,39-40H,5-6,9-10,17-18H2,1H3,(H,37,44)(H,38,45)(H,47,48)/t27-,28-,31-/m0/s1. The van der Waals surface area contributed by atoms with E-state index in [-0.39, 0.29) is 29.4 Å². The molecular weight excluding hydrogens is 619 g/mol. The number of nitrogens with zero attached hydrogens (tertiary/aromatic N) is 2. The van der Waals surface area contributed by atoms with Crippen molar-refractivity contribution in [3.63, 3.8) is 0 Å². The maximum atomic E-state index is 15.7. The third-order valence-electron chi connectivity index (χ3n) is 8.89. The summed E-state index contributed by atoms with van der Waals surface area (Å²) in [6.07, 6.45) is 0.961. The zero-order chi connectivity index (χ0) is 33.9. The fourth-order valence-electron chi connectivity index (χ4n) is 6.55. The van der Waals surface area contributed by atoms with E-state index in [9.17, 15) is 29.1 Å². The highest BCUT2D eigenvalue weighted by molar-refractivity contribution is 6.01. The summed E-state index contributed by atoms with van der Waals surface area (Å²) in [4.78, 5) is 69.1. The number of carboxylic acid groups (broad SMARTS) is 1. The third kappa shape index (κ3) is 6.57. The first-order valence-electron chi connectivity index (χ1n) is 15.8. The zero-order valence-corrected chi connectivity index (χ0v) is 26.2. The van der Waals surface area contributed by atoms with E-state index in [1.165, 1.54) is 17.9 Å². The van der Waals surface area contributed by atoms with Crippen molar-refractivity contribution < 1.29 is 33.5 Å². The van der Waals surface area contributed by atoms with Gasteiger partial charge in [0.1, 0.15) is 18.1 Å². The Balaban J connectivity index is 1.15. The van der Waals surface area contributed by atoms with Crippen LogP contribution in [0.5, 0.6) is 0 Å². The lowest BCUT2D eigenvalue weighted by Crippen LogP contribution is -2.48. The Kier molecular flexibility index (Phi) is 9.10. The maximum absolute atomic E-state index is 15.7. The van der Waals surface area contributed by atoms with Crippen molar-refractivity contribution in [3.8, 4) is 11.3 Å². The van der Waals surface area contributed by atoms with Gasteiger partial charge in [-0.25, -0.2) is 9.18 Å². The van der Waals surface area contributed by atoms with Gasteiger partial charge in [-0.05, 0) is 61.6 Å². The second-order valence-corrected chi connectivity index (χ2v) is 12.0. The smallest absolute Gasteiger partial charge is 0.405 e. The molecule has 48 heavy (non-hydrogen) atoms. The number of H-pyrrole nitrogens is 1. The van der Waals surface area contributed by atoms with Crippen LogP contribution in [0.25, 0.3) is 22.2 Å². The number of carbonyl (C=O) groups excluding carboxylic acids is 4. The first-order valence-corrected chi connectivity index (χ1v) is 15.8. The highest BCUT2D eigenvalue weighted by Gasteiger charge is 2.38. The monoisotopic (exact) mass is 654 g/mol. The van der Waals surface area contributed by atoms with E-state index in [1.54, 1.807) is 71.6 Å². The fourth-order valence-corrected chi connectivity index (χ4v) is 6.55. The summed E-state index contributed by atoms with van der Waals surface area (Å²) >= 11 is 0. The van der Waals surface area contributed by atoms with Crippen LogP contribution in [0.3, 0.4) is 0 Å². The lowest BCUT2D eigenvalue weighted by Gasteiger charge is -2.28. The topological polar surface area (TPSA) is 164 Å². The van der Waals surface area contributed by atoms with Crippen LogP contribution < -0.4 is 16.0 Å². The first-order chi connectivity index (χ1) is 23.1. The molecule has 1 aromatic heterocycles. The number of hydrogen-bond acceptors (Lipinski definition) is 5. The summed E-state index contributed by atoms with van der Waals surface area (Å²) in [6, 6.07) is 17.4. The molecule has 3 heterocycles. The summed E-state index contributed by atoms with van der Waals surface area (Å²) in [7, 11) is 0. The van der Waals surface area contributed by atoms with E-state index in [4.69, 9.17) is 0 Å². The number of aromatic amines is 1. The lowest BCUT2D eigenvalue weighted by atomic mass is 10.0. The Hall–Kier alpha value is -5.72. The molecule has 12 nitrogen and oxygen atoms in total. The molecule has 2 aliphatic rings. The lowest BCUT2D eigenvalue weighted by molar-refractivity contribution is -0.138. The van der Waals surface area contributed by atoms with Crippen molar-refractivity contribution >= 4 is 52.0 Å². The van der Waals surface area contributed by atoms with Gasteiger partial charge in [-0.1, -0.05) is 42.5 Å². The largest absolute Gasteiger partial charge is 0.465 e. The number of hydrogen-bond donors (Lipinski definition) is 5. The van der Waals surface area contributed by atoms with Crippen LogP contribution in [0.2, 0.25) is 0 Å². The van der Waals surface area contributed by atoms with E-state index >= 15 is 4.39 Å². The zero-order valence-electron chi connectivity index (χ0n) is 26.2. The molecule has 0 saturated carbocycles. The molecule has 3 atom stereocenters. The Morgan fingerprint density at radius 2 is 1.44 bits per heavy atom. The highest BCUT2D eigenvalue weighted by Crippen LogP contribution is 2.32. The Morgan fingerprint density at radius 1 is 0.833 bits per heavy atom. The van der Waals surface area contributed by atoms with Gasteiger partial charge in [-0.15, -0.1) is 0 Å². The van der Waals surface area contributed by atoms with Crippen molar-refractivity contribution in [3.05, 3.63) is 84.2 Å². The first kappa shape index (κ1) is 32.2. The van der Waals surface area contributed by atoms with Gasteiger partial charge in [0.25, 0.3) is 5.91 Å². The second kappa shape index (κ2) is 13.6. The van der Waals surface area contributed by atoms with Gasteiger partial charge in [-0.2, -0.15) is 0 Å². The molecule has 3 aromatic carbocycles. The van der Waals surface area contributed by atoms with Gasteiger partial charge in [0.05, 0.1) is 5.69 Å². The van der Waals surface area contributed by atoms with Crippen molar-refractivity contribution in [2.45, 2.75) is 50.7 Å². The molecule has 5 N–H and O–H groups in total. The van der Waals surface area contributed by atoms with Crippen LogP contribution in [0.1, 0.15) is 44.2 Å². The maximum Gasteiger partial charge on any atom is 0.405 e. The average molecular weight is 655 g/mol. The Morgan fingerprint density at radius 3 is 2.08 bits per heavy atom. The molecule has 13 heteroatoms. The van der Waals surface area contributed by atoms with E-state index in [0.717, 1.165) is 6.42 Å². The number of halogens is 1. The van der Waals surface area contributed by atoms with Gasteiger partial charge in [0.15, 0.2) is 5.82 Å². The van der Waals surface area contributed by atoms with Crippen molar-refractivity contribution in [2.75, 3.05) is 23.7 Å². The summed E-state index contributed by atoms with van der Waals surface area (Å²) in [5, 5.41) is 17.5. The molecule has 6 rings (SSSR count). The minimum absolute atomic E-state index is 0.141. The molecule has 0 radical (unpaired) electrons. The fraction of sp³-hybridized carbons (Fsp3) is 0.286. The van der Waals surface area contributed by atoms with Gasteiger partial charge in [-0.3, -0.25) is 19.2 Å². The number of anilines is 2. The SMILES string of the molecule is CC(=O)N1CCC[C@H]1C(=O)Nc1ccc(-c2[nH]c3ccc(NC(=O)[C@@H]4CCCN4C(=O)[C@@H](NC(=O)O)c4ccccc4)cc3c2F)cc1. The number of likely N-dealkylation sites (tertiary alicyclic amines) is 2. The number of benzene rings is 3. The minimum Gasteiger partial charge on any atom is -0.465 e. The van der Waals surface area contributed by atoms with Crippen LogP contribution in [0.15, 0.2) is 72.8 Å². The van der Waals surface area contributed by atoms with Crippen LogP contribution in [-0.4, -0.2) is 74.8 Å². The average Bonchev–Trinajstić information content (AvgIpc) is 3.84. The predicted octanol–water partition coefficient (Wildman–Crippen LogP) is 4.86. The molecule has 0 unspecified atom stereocenters. The molecule has 2 fully saturated rings. The molecule has 0 aliphatic carbocycles. The molecule has 2 aliphatic heterocycles. The van der Waals surface area contributed by atoms with Gasteiger partial charge >= 0.3 is 6.09 Å². The van der Waals surface area contributed by atoms with Crippen LogP contribution in [0.4, 0.5) is 20.6 Å². The summed E-state index contributed by atoms with van der Waals surface area (Å²) < 4.78 is 15.7. The quantitative estimate of drug-likeness (QED) is 0.182. The molecular formula is C35H35FN6O6. The number of fused-ring (bicyclic) bond motifs is 1. The molecule has 2 saturated heterocycles. The minimum atomic E-state index is -1.36. The highest BCUT2D eigenvalue weighted by atomic mass is 19.1. The normalized spacial score (nSPS) is 18.0. The summed E-state index contributed by atoms with van der Waals surface area (Å²) in [5.41, 5.74) is 2.60. The molecule has 0 spiro atoms. The van der Waals surface area contributed by atoms with Gasteiger partial charge < -0.3 is 35.8 Å². The van der Waals surface area contributed by atoms with Crippen LogP contribution >= 0.6 is 0 Å². The second-order valence-electron chi connectivity index (χ2n) is 12.0. The van der Waals surface area contributed by atoms with E-state index < -0.39 is 41.9 Å². The van der Waals surface area contributed by atoms with Crippen molar-refractivity contribution in [2.24, 2.45) is 0 Å². The molecule has 0 bridgehead atoms. The summed E-state index contributed by atoms with van der Waals surface area (Å²) in [6.45, 7) is 2.29. The summed E-state index contributed by atoms with van der Waals surface area (Å²) in [5.74, 6) is -1.91. The number of amides is 5. The number of aromatic nitrogens is 1. The third-order valence-corrected chi connectivity index (χ3v) is 8.89. The predicted molar refractivity (Wildman–Crippen MR) is 176 cm³/mol. The van der Waals surface area contributed by atoms with Gasteiger partial charge in [0.2, 0.25) is 17.7 Å².